The minimum Gasteiger partial charge on any atom is -0.352 e. The number of nitrogens with zero attached hydrogens (tertiary/aromatic N) is 1. The second-order valence-corrected chi connectivity index (χ2v) is 7.19. The van der Waals surface area contributed by atoms with Gasteiger partial charge in [0.15, 0.2) is 5.13 Å². The molecule has 1 heterocycles. The number of carbonyl (C=O) groups excluding carboxylic acids is 2. The molecular formula is C21H18ClN3O2S. The number of amides is 2. The Balaban J connectivity index is 1.48. The smallest absolute Gasteiger partial charge is 0.250 e. The van der Waals surface area contributed by atoms with Crippen LogP contribution >= 0.6 is 22.9 Å². The van der Waals surface area contributed by atoms with Crippen molar-refractivity contribution in [1.82, 2.24) is 10.3 Å². The van der Waals surface area contributed by atoms with Crippen LogP contribution in [-0.2, 0) is 22.6 Å². The second-order valence-electron chi connectivity index (χ2n) is 5.92. The van der Waals surface area contributed by atoms with Gasteiger partial charge in [0.25, 0.3) is 0 Å². The minimum atomic E-state index is -0.270. The van der Waals surface area contributed by atoms with Gasteiger partial charge in [-0.3, -0.25) is 14.9 Å². The first-order valence-corrected chi connectivity index (χ1v) is 9.84. The van der Waals surface area contributed by atoms with Crippen molar-refractivity contribution in [3.05, 3.63) is 87.9 Å². The SMILES string of the molecule is O=C(/C=C/c1ccccc1)Nc1nc(CC(=O)NCc2ccccc2Cl)cs1. The lowest BCUT2D eigenvalue weighted by molar-refractivity contribution is -0.120. The summed E-state index contributed by atoms with van der Waals surface area (Å²) in [5.41, 5.74) is 2.39. The van der Waals surface area contributed by atoms with Crippen molar-refractivity contribution < 1.29 is 9.59 Å². The minimum absolute atomic E-state index is 0.136. The molecular weight excluding hydrogens is 394 g/mol. The van der Waals surface area contributed by atoms with Crippen molar-refractivity contribution in [3.8, 4) is 0 Å². The van der Waals surface area contributed by atoms with Gasteiger partial charge in [0.2, 0.25) is 11.8 Å². The zero-order valence-corrected chi connectivity index (χ0v) is 16.5. The number of aromatic nitrogens is 1. The lowest BCUT2D eigenvalue weighted by Gasteiger charge is -2.05. The molecule has 7 heteroatoms. The molecule has 0 radical (unpaired) electrons. The van der Waals surface area contributed by atoms with Gasteiger partial charge in [0.05, 0.1) is 12.1 Å². The molecule has 2 N–H and O–H groups in total. The summed E-state index contributed by atoms with van der Waals surface area (Å²) < 4.78 is 0. The summed E-state index contributed by atoms with van der Waals surface area (Å²) in [5, 5.41) is 8.35. The molecule has 0 aliphatic rings. The van der Waals surface area contributed by atoms with E-state index < -0.39 is 0 Å². The number of carbonyl (C=O) groups is 2. The molecule has 1 aromatic heterocycles. The average Bonchev–Trinajstić information content (AvgIpc) is 3.13. The molecule has 0 atom stereocenters. The Labute approximate surface area is 172 Å². The fourth-order valence-electron chi connectivity index (χ4n) is 2.39. The van der Waals surface area contributed by atoms with E-state index in [0.717, 1.165) is 11.1 Å². The topological polar surface area (TPSA) is 71.1 Å². The summed E-state index contributed by atoms with van der Waals surface area (Å²) in [6.45, 7) is 0.358. The summed E-state index contributed by atoms with van der Waals surface area (Å²) in [5.74, 6) is -0.431. The standard InChI is InChI=1S/C21H18ClN3O2S/c22-18-9-5-4-8-16(18)13-23-20(27)12-17-14-28-21(24-17)25-19(26)11-10-15-6-2-1-3-7-15/h1-11,14H,12-13H2,(H,23,27)(H,24,25,26)/b11-10+. The highest BCUT2D eigenvalue weighted by Gasteiger charge is 2.09. The largest absolute Gasteiger partial charge is 0.352 e. The zero-order valence-electron chi connectivity index (χ0n) is 14.9. The molecule has 0 aliphatic carbocycles. The molecule has 3 rings (SSSR count). The summed E-state index contributed by atoms with van der Waals surface area (Å²) in [6.07, 6.45) is 3.31. The number of hydrogen-bond acceptors (Lipinski definition) is 4. The average molecular weight is 412 g/mol. The Morgan fingerprint density at radius 3 is 2.61 bits per heavy atom. The molecule has 3 aromatic rings. The lowest BCUT2D eigenvalue weighted by atomic mass is 10.2. The summed E-state index contributed by atoms with van der Waals surface area (Å²) >= 11 is 7.36. The van der Waals surface area contributed by atoms with Crippen LogP contribution in [0, 0.1) is 0 Å². The van der Waals surface area contributed by atoms with E-state index in [-0.39, 0.29) is 18.2 Å². The van der Waals surface area contributed by atoms with Crippen molar-refractivity contribution in [2.75, 3.05) is 5.32 Å². The van der Waals surface area contributed by atoms with E-state index in [4.69, 9.17) is 11.6 Å². The molecule has 0 saturated carbocycles. The highest BCUT2D eigenvalue weighted by molar-refractivity contribution is 7.14. The van der Waals surface area contributed by atoms with Gasteiger partial charge >= 0.3 is 0 Å². The maximum absolute atomic E-state index is 12.1. The number of anilines is 1. The van der Waals surface area contributed by atoms with E-state index in [1.54, 1.807) is 17.5 Å². The lowest BCUT2D eigenvalue weighted by Crippen LogP contribution is -2.24. The molecule has 0 aliphatic heterocycles. The van der Waals surface area contributed by atoms with E-state index in [1.165, 1.54) is 17.4 Å². The fraction of sp³-hybridized carbons (Fsp3) is 0.0952. The fourth-order valence-corrected chi connectivity index (χ4v) is 3.31. The van der Waals surface area contributed by atoms with Gasteiger partial charge in [-0.2, -0.15) is 0 Å². The van der Waals surface area contributed by atoms with E-state index in [9.17, 15) is 9.59 Å². The van der Waals surface area contributed by atoms with Crippen LogP contribution in [0.4, 0.5) is 5.13 Å². The van der Waals surface area contributed by atoms with Gasteiger partial charge in [-0.05, 0) is 23.3 Å². The first-order chi connectivity index (χ1) is 13.6. The molecule has 0 unspecified atom stereocenters. The third kappa shape index (κ3) is 6.04. The molecule has 142 valence electrons. The van der Waals surface area contributed by atoms with Crippen LogP contribution in [0.5, 0.6) is 0 Å². The highest BCUT2D eigenvalue weighted by Crippen LogP contribution is 2.17. The first kappa shape index (κ1) is 19.8. The third-order valence-electron chi connectivity index (χ3n) is 3.78. The Morgan fingerprint density at radius 2 is 1.82 bits per heavy atom. The number of nitrogens with one attached hydrogen (secondary N) is 2. The van der Waals surface area contributed by atoms with Gasteiger partial charge in [0.1, 0.15) is 0 Å². The van der Waals surface area contributed by atoms with Crippen LogP contribution in [0.1, 0.15) is 16.8 Å². The predicted molar refractivity (Wildman–Crippen MR) is 113 cm³/mol. The van der Waals surface area contributed by atoms with Crippen LogP contribution < -0.4 is 10.6 Å². The maximum atomic E-state index is 12.1. The van der Waals surface area contributed by atoms with Crippen molar-refractivity contribution in [2.24, 2.45) is 0 Å². The molecule has 0 spiro atoms. The third-order valence-corrected chi connectivity index (χ3v) is 4.96. The highest BCUT2D eigenvalue weighted by atomic mass is 35.5. The van der Waals surface area contributed by atoms with Gasteiger partial charge in [-0.1, -0.05) is 60.1 Å². The zero-order chi connectivity index (χ0) is 19.8. The van der Waals surface area contributed by atoms with Crippen LogP contribution in [0.25, 0.3) is 6.08 Å². The quantitative estimate of drug-likeness (QED) is 0.569. The monoisotopic (exact) mass is 411 g/mol. The Bertz CT molecular complexity index is 986. The molecule has 2 aromatic carbocycles. The van der Waals surface area contributed by atoms with E-state index in [1.807, 2.05) is 48.5 Å². The molecule has 0 saturated heterocycles. The predicted octanol–water partition coefficient (Wildman–Crippen LogP) is 4.31. The van der Waals surface area contributed by atoms with Crippen molar-refractivity contribution in [1.29, 1.82) is 0 Å². The Hall–Kier alpha value is -2.96. The summed E-state index contributed by atoms with van der Waals surface area (Å²) in [4.78, 5) is 28.4. The Kier molecular flexibility index (Phi) is 6.94. The molecule has 0 fully saturated rings. The summed E-state index contributed by atoms with van der Waals surface area (Å²) in [7, 11) is 0. The second kappa shape index (κ2) is 9.82. The maximum Gasteiger partial charge on any atom is 0.250 e. The number of thiazole rings is 1. The molecule has 0 bridgehead atoms. The van der Waals surface area contributed by atoms with Crippen molar-refractivity contribution >= 4 is 46.0 Å². The van der Waals surface area contributed by atoms with Gasteiger partial charge in [-0.15, -0.1) is 11.3 Å². The Morgan fingerprint density at radius 1 is 1.07 bits per heavy atom. The van der Waals surface area contributed by atoms with Crippen LogP contribution in [0.3, 0.4) is 0 Å². The van der Waals surface area contributed by atoms with E-state index in [2.05, 4.69) is 15.6 Å². The summed E-state index contributed by atoms with van der Waals surface area (Å²) in [6, 6.07) is 16.9. The van der Waals surface area contributed by atoms with E-state index in [0.29, 0.717) is 22.4 Å². The molecule has 5 nitrogen and oxygen atoms in total. The number of rotatable bonds is 7. The molecule has 2 amide bonds. The number of benzene rings is 2. The van der Waals surface area contributed by atoms with Crippen LogP contribution in [0.2, 0.25) is 5.02 Å². The van der Waals surface area contributed by atoms with Crippen LogP contribution in [0.15, 0.2) is 66.1 Å². The van der Waals surface area contributed by atoms with Gasteiger partial charge < -0.3 is 5.32 Å². The first-order valence-electron chi connectivity index (χ1n) is 8.59. The number of halogens is 1. The van der Waals surface area contributed by atoms with Crippen molar-refractivity contribution in [2.45, 2.75) is 13.0 Å². The van der Waals surface area contributed by atoms with Crippen LogP contribution in [-0.4, -0.2) is 16.8 Å². The van der Waals surface area contributed by atoms with Gasteiger partial charge in [-0.25, -0.2) is 4.98 Å². The normalized spacial score (nSPS) is 10.8. The van der Waals surface area contributed by atoms with E-state index >= 15 is 0 Å². The number of hydrogen-bond donors (Lipinski definition) is 2. The van der Waals surface area contributed by atoms with Crippen molar-refractivity contribution in [3.63, 3.8) is 0 Å². The van der Waals surface area contributed by atoms with Gasteiger partial charge in [0, 0.05) is 23.0 Å². The molecule has 28 heavy (non-hydrogen) atoms.